The van der Waals surface area contributed by atoms with E-state index >= 15 is 0 Å². The molecule has 6 atom stereocenters. The number of halogens is 1. The molecule has 2 fully saturated rings. The van der Waals surface area contributed by atoms with Crippen LogP contribution in [-0.2, 0) is 28.5 Å². The number of hydrogen-bond acceptors (Lipinski definition) is 6. The van der Waals surface area contributed by atoms with Crippen molar-refractivity contribution >= 4 is 5.97 Å². The van der Waals surface area contributed by atoms with Gasteiger partial charge in [0.25, 0.3) is 0 Å². The zero-order valence-corrected chi connectivity index (χ0v) is 12.9. The minimum Gasteiger partial charge on any atom is -0.454 e. The van der Waals surface area contributed by atoms with E-state index in [1.165, 1.54) is 14.0 Å². The zero-order chi connectivity index (χ0) is 16.4. The summed E-state index contributed by atoms with van der Waals surface area (Å²) in [5.74, 6) is -0.603. The van der Waals surface area contributed by atoms with Crippen LogP contribution >= 0.6 is 0 Å². The summed E-state index contributed by atoms with van der Waals surface area (Å²) in [6.07, 6.45) is -5.94. The third-order valence-corrected chi connectivity index (χ3v) is 3.87. The Morgan fingerprint density at radius 1 is 1.26 bits per heavy atom. The lowest BCUT2D eigenvalue weighted by molar-refractivity contribution is -0.350. The molecule has 2 aliphatic heterocycles. The number of carbonyl (C=O) groups excluding carboxylic acids is 1. The van der Waals surface area contributed by atoms with Gasteiger partial charge in [-0.25, -0.2) is 4.39 Å². The number of fused-ring (bicyclic) bond motifs is 1. The first-order valence-electron chi connectivity index (χ1n) is 7.41. The molecule has 1 aromatic rings. The van der Waals surface area contributed by atoms with Crippen LogP contribution in [0.4, 0.5) is 4.39 Å². The summed E-state index contributed by atoms with van der Waals surface area (Å²) in [5.41, 5.74) is 0.788. The van der Waals surface area contributed by atoms with E-state index in [1.54, 1.807) is 0 Å². The van der Waals surface area contributed by atoms with Crippen LogP contribution in [-0.4, -0.2) is 50.5 Å². The van der Waals surface area contributed by atoms with Gasteiger partial charge in [0, 0.05) is 19.6 Å². The lowest BCUT2D eigenvalue weighted by atomic mass is 9.99. The quantitative estimate of drug-likeness (QED) is 0.789. The summed E-state index contributed by atoms with van der Waals surface area (Å²) in [6.45, 7) is 1.38. The maximum absolute atomic E-state index is 14.9. The smallest absolute Gasteiger partial charge is 0.303 e. The van der Waals surface area contributed by atoms with E-state index in [9.17, 15) is 9.18 Å². The molecule has 1 unspecified atom stereocenters. The van der Waals surface area contributed by atoms with Gasteiger partial charge in [-0.15, -0.1) is 0 Å². The second kappa shape index (κ2) is 6.92. The lowest BCUT2D eigenvalue weighted by Gasteiger charge is -2.45. The molecule has 2 heterocycles. The van der Waals surface area contributed by atoms with Crippen molar-refractivity contribution in [2.45, 2.75) is 44.0 Å². The van der Waals surface area contributed by atoms with Crippen LogP contribution in [0.15, 0.2) is 30.3 Å². The Morgan fingerprint density at radius 2 is 2.00 bits per heavy atom. The lowest BCUT2D eigenvalue weighted by Crippen LogP contribution is -2.61. The largest absolute Gasteiger partial charge is 0.454 e. The van der Waals surface area contributed by atoms with Crippen molar-refractivity contribution in [1.29, 1.82) is 0 Å². The summed E-state index contributed by atoms with van der Waals surface area (Å²) in [7, 11) is 1.37. The topological polar surface area (TPSA) is 63.2 Å². The van der Waals surface area contributed by atoms with Gasteiger partial charge in [0.15, 0.2) is 24.9 Å². The van der Waals surface area contributed by atoms with Crippen LogP contribution in [0.25, 0.3) is 0 Å². The number of benzene rings is 1. The molecule has 1 aromatic carbocycles. The molecule has 0 radical (unpaired) electrons. The highest BCUT2D eigenvalue weighted by molar-refractivity contribution is 5.66. The predicted octanol–water partition coefficient (Wildman–Crippen LogP) is 1.74. The molecule has 0 saturated carbocycles. The van der Waals surface area contributed by atoms with Gasteiger partial charge < -0.3 is 23.7 Å². The molecule has 0 amide bonds. The molecule has 3 rings (SSSR count). The van der Waals surface area contributed by atoms with Gasteiger partial charge in [-0.2, -0.15) is 0 Å². The molecule has 6 nitrogen and oxygen atoms in total. The fourth-order valence-electron chi connectivity index (χ4n) is 2.82. The van der Waals surface area contributed by atoms with Gasteiger partial charge in [-0.1, -0.05) is 30.3 Å². The van der Waals surface area contributed by atoms with E-state index in [1.807, 2.05) is 30.3 Å². The van der Waals surface area contributed by atoms with Crippen LogP contribution in [0, 0.1) is 0 Å². The van der Waals surface area contributed by atoms with Crippen molar-refractivity contribution in [2.24, 2.45) is 0 Å². The molecule has 126 valence electrons. The number of ether oxygens (including phenoxy) is 5. The summed E-state index contributed by atoms with van der Waals surface area (Å²) in [5, 5.41) is 0. The first-order valence-corrected chi connectivity index (χ1v) is 7.41. The Hall–Kier alpha value is -1.54. The van der Waals surface area contributed by atoms with Crippen molar-refractivity contribution in [2.75, 3.05) is 13.7 Å². The molecule has 0 N–H and O–H groups in total. The minimum atomic E-state index is -1.57. The van der Waals surface area contributed by atoms with Gasteiger partial charge in [0.05, 0.1) is 6.61 Å². The molecule has 2 aliphatic rings. The highest BCUT2D eigenvalue weighted by Gasteiger charge is 2.52. The zero-order valence-electron chi connectivity index (χ0n) is 12.9. The Kier molecular flexibility index (Phi) is 4.91. The van der Waals surface area contributed by atoms with Gasteiger partial charge in [-0.05, 0) is 0 Å². The molecule has 2 saturated heterocycles. The molecule has 23 heavy (non-hydrogen) atoms. The number of carbonyl (C=O) groups is 1. The van der Waals surface area contributed by atoms with Crippen molar-refractivity contribution in [3.63, 3.8) is 0 Å². The summed E-state index contributed by atoms with van der Waals surface area (Å²) in [6, 6.07) is 9.24. The van der Waals surface area contributed by atoms with Crippen molar-refractivity contribution in [3.8, 4) is 0 Å². The first-order chi connectivity index (χ1) is 11.1. The summed E-state index contributed by atoms with van der Waals surface area (Å²) < 4.78 is 41.9. The summed E-state index contributed by atoms with van der Waals surface area (Å²) >= 11 is 0. The molecule has 0 bridgehead atoms. The fraction of sp³-hybridized carbons (Fsp3) is 0.562. The van der Waals surface area contributed by atoms with E-state index in [-0.39, 0.29) is 6.61 Å². The van der Waals surface area contributed by atoms with E-state index in [0.29, 0.717) is 0 Å². The monoisotopic (exact) mass is 326 g/mol. The average molecular weight is 326 g/mol. The second-order valence-electron chi connectivity index (χ2n) is 5.47. The SMILES string of the molecule is CO[C@@H]1O[C@@H]2COC(c3ccccc3)O[C@H]2[C@H](F)[C@H]1OC(C)=O. The highest BCUT2D eigenvalue weighted by Crippen LogP contribution is 2.36. The number of esters is 1. The molecule has 0 spiro atoms. The van der Waals surface area contributed by atoms with Gasteiger partial charge in [0.1, 0.15) is 12.2 Å². The molecular weight excluding hydrogens is 307 g/mol. The van der Waals surface area contributed by atoms with E-state index in [4.69, 9.17) is 23.7 Å². The third kappa shape index (κ3) is 3.37. The Morgan fingerprint density at radius 3 is 2.65 bits per heavy atom. The van der Waals surface area contributed by atoms with Crippen LogP contribution < -0.4 is 0 Å². The highest BCUT2D eigenvalue weighted by atomic mass is 19.1. The van der Waals surface area contributed by atoms with E-state index in [0.717, 1.165) is 5.56 Å². The number of hydrogen-bond donors (Lipinski definition) is 0. The van der Waals surface area contributed by atoms with Crippen molar-refractivity contribution in [3.05, 3.63) is 35.9 Å². The molecular formula is C16H19FO6. The maximum atomic E-state index is 14.9. The van der Waals surface area contributed by atoms with Crippen LogP contribution in [0.3, 0.4) is 0 Å². The van der Waals surface area contributed by atoms with Crippen LogP contribution in [0.5, 0.6) is 0 Å². The maximum Gasteiger partial charge on any atom is 0.303 e. The van der Waals surface area contributed by atoms with E-state index < -0.39 is 43.0 Å². The second-order valence-corrected chi connectivity index (χ2v) is 5.47. The van der Waals surface area contributed by atoms with Gasteiger partial charge in [-0.3, -0.25) is 4.79 Å². The van der Waals surface area contributed by atoms with Gasteiger partial charge >= 0.3 is 5.97 Å². The predicted molar refractivity (Wildman–Crippen MR) is 76.1 cm³/mol. The Balaban J connectivity index is 1.76. The first kappa shape index (κ1) is 16.3. The molecule has 0 aliphatic carbocycles. The molecule has 7 heteroatoms. The summed E-state index contributed by atoms with van der Waals surface area (Å²) in [4.78, 5) is 11.2. The number of rotatable bonds is 3. The minimum absolute atomic E-state index is 0.164. The van der Waals surface area contributed by atoms with Gasteiger partial charge in [0.2, 0.25) is 0 Å². The normalized spacial score (nSPS) is 37.0. The van der Waals surface area contributed by atoms with Crippen molar-refractivity contribution in [1.82, 2.24) is 0 Å². The Labute approximate surface area is 133 Å². The third-order valence-electron chi connectivity index (χ3n) is 3.87. The Bertz CT molecular complexity index is 539. The fourth-order valence-corrected chi connectivity index (χ4v) is 2.82. The number of methoxy groups -OCH3 is 1. The standard InChI is InChI=1S/C16H19FO6/c1-9(18)21-14-12(17)13-11(22-16(14)19-2)8-20-15(23-13)10-6-4-3-5-7-10/h3-7,11-16H,8H2,1-2H3/t11-,12+,13-,14-,15?,16-/m1/s1. The molecule has 0 aromatic heterocycles. The number of alkyl halides is 1. The van der Waals surface area contributed by atoms with Crippen LogP contribution in [0.2, 0.25) is 0 Å². The average Bonchev–Trinajstić information content (AvgIpc) is 2.57. The van der Waals surface area contributed by atoms with Crippen molar-refractivity contribution < 1.29 is 32.9 Å². The van der Waals surface area contributed by atoms with Crippen LogP contribution in [0.1, 0.15) is 18.8 Å². The van der Waals surface area contributed by atoms with E-state index in [2.05, 4.69) is 0 Å².